The number of nitrogens with zero attached hydrogens (tertiary/aromatic N) is 3. The average Bonchev–Trinajstić information content (AvgIpc) is 2.62. The first-order chi connectivity index (χ1) is 10.0. The van der Waals surface area contributed by atoms with Gasteiger partial charge in [-0.2, -0.15) is 0 Å². The predicted octanol–water partition coefficient (Wildman–Crippen LogP) is 2.74. The topological polar surface area (TPSA) is 49.1 Å². The number of benzene rings is 1. The highest BCUT2D eigenvalue weighted by Crippen LogP contribution is 2.41. The molecule has 0 spiro atoms. The highest BCUT2D eigenvalue weighted by Gasteiger charge is 2.26. The smallest absolute Gasteiger partial charge is 0.329 e. The lowest BCUT2D eigenvalue weighted by molar-refractivity contribution is 0.265. The maximum Gasteiger partial charge on any atom is 0.329 e. The summed E-state index contributed by atoms with van der Waals surface area (Å²) in [5, 5.41) is 0.669. The largest absolute Gasteiger partial charge is 0.489 e. The molecule has 0 saturated carbocycles. The van der Waals surface area contributed by atoms with Gasteiger partial charge in [-0.25, -0.2) is 9.18 Å². The van der Waals surface area contributed by atoms with E-state index < -0.39 is 5.82 Å². The number of aryl methyl sites for hydroxylation is 1. The van der Waals surface area contributed by atoms with E-state index in [0.717, 1.165) is 5.52 Å². The maximum atomic E-state index is 14.0. The number of hydrogen-bond donors (Lipinski definition) is 0. The third-order valence-corrected chi connectivity index (χ3v) is 4.70. The average molecular weight is 352 g/mol. The fourth-order valence-electron chi connectivity index (χ4n) is 2.91. The van der Waals surface area contributed by atoms with Crippen LogP contribution in [0.3, 0.4) is 0 Å². The molecule has 21 heavy (non-hydrogen) atoms. The van der Waals surface area contributed by atoms with Crippen molar-refractivity contribution in [3.05, 3.63) is 33.0 Å². The normalized spacial score (nSPS) is 17.4. The summed E-state index contributed by atoms with van der Waals surface area (Å²) in [7, 11) is 1.71. The molecule has 1 aliphatic heterocycles. The van der Waals surface area contributed by atoms with Gasteiger partial charge >= 0.3 is 5.69 Å². The Morgan fingerprint density at radius 1 is 1.52 bits per heavy atom. The fraction of sp³-hybridized carbons (Fsp3) is 0.286. The first-order valence-electron chi connectivity index (χ1n) is 6.51. The van der Waals surface area contributed by atoms with Gasteiger partial charge in [0, 0.05) is 13.1 Å². The number of rotatable bonds is 0. The molecule has 1 aliphatic rings. The summed E-state index contributed by atoms with van der Waals surface area (Å²) in [6.45, 7) is 2.20. The summed E-state index contributed by atoms with van der Waals surface area (Å²) >= 11 is 3.23. The summed E-state index contributed by atoms with van der Waals surface area (Å²) in [5.41, 5.74) is 1.81. The number of halogens is 2. The quantitative estimate of drug-likeness (QED) is 0.625. The number of ether oxygens (including phenoxy) is 1. The van der Waals surface area contributed by atoms with Crippen LogP contribution in [0, 0.1) is 5.82 Å². The minimum Gasteiger partial charge on any atom is -0.489 e. The maximum absolute atomic E-state index is 14.0. The van der Waals surface area contributed by atoms with Crippen molar-refractivity contribution in [1.82, 2.24) is 14.1 Å². The van der Waals surface area contributed by atoms with Crippen LogP contribution in [-0.4, -0.2) is 20.7 Å². The van der Waals surface area contributed by atoms with Crippen molar-refractivity contribution in [3.63, 3.8) is 0 Å². The molecule has 7 heteroatoms. The molecular formula is C14H11BrFN3O2. The molecule has 0 amide bonds. The zero-order valence-corrected chi connectivity index (χ0v) is 12.9. The Hall–Kier alpha value is -1.89. The minimum atomic E-state index is -0.427. The second-order valence-electron chi connectivity index (χ2n) is 5.26. The summed E-state index contributed by atoms with van der Waals surface area (Å²) < 4.78 is 23.3. The third-order valence-electron chi connectivity index (χ3n) is 3.97. The van der Waals surface area contributed by atoms with Crippen LogP contribution in [0.15, 0.2) is 21.5 Å². The van der Waals surface area contributed by atoms with E-state index in [9.17, 15) is 9.18 Å². The van der Waals surface area contributed by atoms with Crippen LogP contribution in [0.4, 0.5) is 4.39 Å². The highest BCUT2D eigenvalue weighted by molar-refractivity contribution is 9.10. The van der Waals surface area contributed by atoms with E-state index in [4.69, 9.17) is 4.74 Å². The molecule has 0 saturated heterocycles. The van der Waals surface area contributed by atoms with Gasteiger partial charge in [0.05, 0.1) is 38.6 Å². The first-order valence-corrected chi connectivity index (χ1v) is 7.30. The van der Waals surface area contributed by atoms with E-state index in [0.29, 0.717) is 28.8 Å². The molecule has 1 atom stereocenters. The SMILES string of the molecule is CC1COc2c(Br)c(F)cc3ncc4c(c23)n1c(=O)n4C. The van der Waals surface area contributed by atoms with Gasteiger partial charge in [-0.05, 0) is 22.9 Å². The summed E-state index contributed by atoms with van der Waals surface area (Å²) in [6, 6.07) is 1.21. The first kappa shape index (κ1) is 12.8. The Bertz CT molecular complexity index is 976. The van der Waals surface area contributed by atoms with Crippen molar-refractivity contribution in [1.29, 1.82) is 0 Å². The van der Waals surface area contributed by atoms with Crippen molar-refractivity contribution in [2.45, 2.75) is 13.0 Å². The van der Waals surface area contributed by atoms with Crippen LogP contribution in [0.25, 0.3) is 21.9 Å². The van der Waals surface area contributed by atoms with Gasteiger partial charge in [0.2, 0.25) is 0 Å². The van der Waals surface area contributed by atoms with Crippen LogP contribution in [0.5, 0.6) is 5.75 Å². The fourth-order valence-corrected chi connectivity index (χ4v) is 3.34. The van der Waals surface area contributed by atoms with Gasteiger partial charge in [-0.15, -0.1) is 0 Å². The van der Waals surface area contributed by atoms with Gasteiger partial charge in [-0.1, -0.05) is 0 Å². The van der Waals surface area contributed by atoms with E-state index >= 15 is 0 Å². The van der Waals surface area contributed by atoms with Gasteiger partial charge in [0.15, 0.2) is 0 Å². The van der Waals surface area contributed by atoms with Crippen molar-refractivity contribution in [2.75, 3.05) is 6.61 Å². The van der Waals surface area contributed by atoms with E-state index in [-0.39, 0.29) is 16.2 Å². The second kappa shape index (κ2) is 4.07. The lowest BCUT2D eigenvalue weighted by Gasteiger charge is -2.12. The number of aromatic nitrogens is 3. The zero-order valence-electron chi connectivity index (χ0n) is 11.4. The van der Waals surface area contributed by atoms with E-state index in [1.165, 1.54) is 6.07 Å². The molecule has 1 aromatic carbocycles. The minimum absolute atomic E-state index is 0.122. The van der Waals surface area contributed by atoms with Gasteiger partial charge in [0.1, 0.15) is 18.2 Å². The lowest BCUT2D eigenvalue weighted by Crippen LogP contribution is -2.27. The van der Waals surface area contributed by atoms with Gasteiger partial charge < -0.3 is 4.74 Å². The van der Waals surface area contributed by atoms with Gasteiger partial charge in [0.25, 0.3) is 0 Å². The van der Waals surface area contributed by atoms with Crippen LogP contribution >= 0.6 is 15.9 Å². The number of imidazole rings is 1. The van der Waals surface area contributed by atoms with Crippen LogP contribution in [0.1, 0.15) is 13.0 Å². The van der Waals surface area contributed by atoms with Crippen molar-refractivity contribution in [3.8, 4) is 5.75 Å². The molecule has 0 bridgehead atoms. The Morgan fingerprint density at radius 2 is 2.29 bits per heavy atom. The zero-order chi connectivity index (χ0) is 14.9. The van der Waals surface area contributed by atoms with Crippen molar-refractivity contribution in [2.24, 2.45) is 7.05 Å². The summed E-state index contributed by atoms with van der Waals surface area (Å²) in [6.07, 6.45) is 1.60. The number of pyridine rings is 1. The molecule has 0 fully saturated rings. The summed E-state index contributed by atoms with van der Waals surface area (Å²) in [5.74, 6) is -0.0180. The standard InChI is InChI=1S/C14H11BrFN3O2/c1-6-5-21-13-10-8(3-7(16)11(13)15)17-4-9-12(10)19(6)14(20)18(9)2/h3-4,6H,5H2,1-2H3. The molecule has 0 radical (unpaired) electrons. The molecule has 0 N–H and O–H groups in total. The summed E-state index contributed by atoms with van der Waals surface area (Å²) in [4.78, 5) is 16.7. The number of hydrogen-bond acceptors (Lipinski definition) is 3. The Morgan fingerprint density at radius 3 is 3.05 bits per heavy atom. The Labute approximate surface area is 127 Å². The molecule has 1 unspecified atom stereocenters. The Balaban J connectivity index is 2.38. The van der Waals surface area contributed by atoms with E-state index in [2.05, 4.69) is 20.9 Å². The van der Waals surface area contributed by atoms with E-state index in [1.54, 1.807) is 22.4 Å². The molecule has 3 aromatic rings. The molecule has 2 aromatic heterocycles. The van der Waals surface area contributed by atoms with E-state index in [1.807, 2.05) is 6.92 Å². The Kier molecular flexibility index (Phi) is 2.48. The molecule has 3 heterocycles. The third kappa shape index (κ3) is 1.49. The van der Waals surface area contributed by atoms with Crippen molar-refractivity contribution < 1.29 is 9.13 Å². The lowest BCUT2D eigenvalue weighted by atomic mass is 10.1. The molecular weight excluding hydrogens is 341 g/mol. The predicted molar refractivity (Wildman–Crippen MR) is 80.3 cm³/mol. The monoisotopic (exact) mass is 351 g/mol. The molecule has 0 aliphatic carbocycles. The molecule has 108 valence electrons. The van der Waals surface area contributed by atoms with Crippen molar-refractivity contribution >= 4 is 37.9 Å². The van der Waals surface area contributed by atoms with Crippen LogP contribution < -0.4 is 10.4 Å². The van der Waals surface area contributed by atoms with Crippen LogP contribution in [0.2, 0.25) is 0 Å². The second-order valence-corrected chi connectivity index (χ2v) is 6.05. The van der Waals surface area contributed by atoms with Crippen LogP contribution in [-0.2, 0) is 7.05 Å². The molecule has 4 rings (SSSR count). The van der Waals surface area contributed by atoms with Gasteiger partial charge in [-0.3, -0.25) is 14.1 Å². The molecule has 5 nitrogen and oxygen atoms in total. The highest BCUT2D eigenvalue weighted by atomic mass is 79.9.